The van der Waals surface area contributed by atoms with Crippen molar-refractivity contribution in [2.75, 3.05) is 27.3 Å². The number of ether oxygens (including phenoxy) is 2. The molecular formula is C19H24ClNO3. The number of likely N-dealkylation sites (N-methyl/N-ethyl adjacent to an activating group) is 1. The minimum Gasteiger partial charge on any atom is -0.496 e. The van der Waals surface area contributed by atoms with E-state index in [0.29, 0.717) is 19.7 Å². The zero-order chi connectivity index (χ0) is 17.4. The van der Waals surface area contributed by atoms with Gasteiger partial charge in [0.15, 0.2) is 0 Å². The molecular weight excluding hydrogens is 326 g/mol. The second-order valence-electron chi connectivity index (χ2n) is 5.77. The number of hydrogen-bond donors (Lipinski definition) is 1. The summed E-state index contributed by atoms with van der Waals surface area (Å²) >= 11 is 6.16. The van der Waals surface area contributed by atoms with Gasteiger partial charge in [0.2, 0.25) is 0 Å². The first kappa shape index (κ1) is 18.7. The van der Waals surface area contributed by atoms with Crippen LogP contribution in [-0.2, 0) is 17.9 Å². The third-order valence-corrected chi connectivity index (χ3v) is 4.05. The molecule has 1 unspecified atom stereocenters. The van der Waals surface area contributed by atoms with Gasteiger partial charge in [0.05, 0.1) is 26.4 Å². The van der Waals surface area contributed by atoms with Crippen LogP contribution in [0.4, 0.5) is 0 Å². The maximum absolute atomic E-state index is 10.1. The van der Waals surface area contributed by atoms with Gasteiger partial charge in [-0.25, -0.2) is 0 Å². The average molecular weight is 350 g/mol. The number of methoxy groups -OCH3 is 1. The number of rotatable bonds is 9. The molecule has 5 heteroatoms. The molecule has 0 fully saturated rings. The molecule has 2 aromatic rings. The van der Waals surface area contributed by atoms with Crippen molar-refractivity contribution in [2.24, 2.45) is 0 Å². The van der Waals surface area contributed by atoms with Crippen LogP contribution >= 0.6 is 11.6 Å². The third-order valence-electron chi connectivity index (χ3n) is 3.68. The fourth-order valence-electron chi connectivity index (χ4n) is 2.52. The van der Waals surface area contributed by atoms with Gasteiger partial charge in [-0.05, 0) is 24.7 Å². The van der Waals surface area contributed by atoms with Crippen molar-refractivity contribution in [1.29, 1.82) is 0 Å². The molecule has 1 N–H and O–H groups in total. The number of nitrogens with zero attached hydrogens (tertiary/aromatic N) is 1. The quantitative estimate of drug-likeness (QED) is 0.753. The van der Waals surface area contributed by atoms with Gasteiger partial charge in [-0.1, -0.05) is 48.0 Å². The summed E-state index contributed by atoms with van der Waals surface area (Å²) in [5.74, 6) is 0.794. The van der Waals surface area contributed by atoms with E-state index in [9.17, 15) is 5.11 Å². The van der Waals surface area contributed by atoms with E-state index >= 15 is 0 Å². The molecule has 24 heavy (non-hydrogen) atoms. The van der Waals surface area contributed by atoms with E-state index in [4.69, 9.17) is 21.1 Å². The van der Waals surface area contributed by atoms with Crippen LogP contribution in [0.15, 0.2) is 48.5 Å². The van der Waals surface area contributed by atoms with Gasteiger partial charge in [0.1, 0.15) is 5.75 Å². The van der Waals surface area contributed by atoms with Crippen molar-refractivity contribution >= 4 is 11.6 Å². The van der Waals surface area contributed by atoms with Gasteiger partial charge in [0.25, 0.3) is 0 Å². The summed E-state index contributed by atoms with van der Waals surface area (Å²) in [6.45, 7) is 1.88. The smallest absolute Gasteiger partial charge is 0.124 e. The zero-order valence-electron chi connectivity index (χ0n) is 14.1. The summed E-state index contributed by atoms with van der Waals surface area (Å²) < 4.78 is 10.9. The molecule has 0 saturated carbocycles. The highest BCUT2D eigenvalue weighted by Crippen LogP contribution is 2.18. The lowest BCUT2D eigenvalue weighted by atomic mass is 10.2. The molecule has 0 heterocycles. The largest absolute Gasteiger partial charge is 0.496 e. The van der Waals surface area contributed by atoms with Gasteiger partial charge in [-0.15, -0.1) is 0 Å². The minimum absolute atomic E-state index is 0.269. The van der Waals surface area contributed by atoms with Gasteiger partial charge in [-0.2, -0.15) is 0 Å². The Morgan fingerprint density at radius 2 is 1.75 bits per heavy atom. The second-order valence-corrected chi connectivity index (χ2v) is 6.18. The summed E-state index contributed by atoms with van der Waals surface area (Å²) in [5, 5.41) is 10.9. The van der Waals surface area contributed by atoms with Gasteiger partial charge in [0, 0.05) is 23.7 Å². The van der Waals surface area contributed by atoms with Crippen LogP contribution < -0.4 is 4.74 Å². The van der Waals surface area contributed by atoms with Gasteiger partial charge in [-0.3, -0.25) is 4.90 Å². The monoisotopic (exact) mass is 349 g/mol. The molecule has 2 aromatic carbocycles. The van der Waals surface area contributed by atoms with Crippen LogP contribution in [0.1, 0.15) is 11.1 Å². The average Bonchev–Trinajstić information content (AvgIpc) is 2.57. The summed E-state index contributed by atoms with van der Waals surface area (Å²) in [6, 6.07) is 15.4. The van der Waals surface area contributed by atoms with Crippen LogP contribution in [0.5, 0.6) is 5.75 Å². The lowest BCUT2D eigenvalue weighted by molar-refractivity contribution is 0.0122. The molecule has 0 saturated heterocycles. The van der Waals surface area contributed by atoms with Gasteiger partial charge < -0.3 is 14.6 Å². The summed E-state index contributed by atoms with van der Waals surface area (Å²) in [6.07, 6.45) is -0.563. The predicted octanol–water partition coefficient (Wildman–Crippen LogP) is 3.36. The SMILES string of the molecule is COc1ccccc1COCC(O)CN(C)Cc1ccccc1Cl. The standard InChI is InChI=1S/C19H24ClNO3/c1-21(11-15-7-3-5-9-18(15)20)12-17(22)14-24-13-16-8-4-6-10-19(16)23-2/h3-10,17,22H,11-14H2,1-2H3. The van der Waals surface area contributed by atoms with Crippen molar-refractivity contribution in [2.45, 2.75) is 19.3 Å². The third kappa shape index (κ3) is 5.80. The molecule has 0 aliphatic carbocycles. The van der Waals surface area contributed by atoms with Crippen molar-refractivity contribution in [3.63, 3.8) is 0 Å². The Bertz CT molecular complexity index is 636. The molecule has 0 aliphatic rings. The molecule has 0 aromatic heterocycles. The summed E-state index contributed by atoms with van der Waals surface area (Å²) in [4.78, 5) is 2.03. The lowest BCUT2D eigenvalue weighted by Crippen LogP contribution is -2.32. The summed E-state index contributed by atoms with van der Waals surface area (Å²) in [7, 11) is 3.59. The highest BCUT2D eigenvalue weighted by molar-refractivity contribution is 6.31. The number of aliphatic hydroxyl groups excluding tert-OH is 1. The molecule has 2 rings (SSSR count). The van der Waals surface area contributed by atoms with E-state index < -0.39 is 6.10 Å². The zero-order valence-corrected chi connectivity index (χ0v) is 14.9. The predicted molar refractivity (Wildman–Crippen MR) is 96.4 cm³/mol. The second kappa shape index (κ2) is 9.64. The maximum atomic E-state index is 10.1. The van der Waals surface area contributed by atoms with E-state index in [0.717, 1.165) is 21.9 Å². The van der Waals surface area contributed by atoms with Crippen molar-refractivity contribution < 1.29 is 14.6 Å². The highest BCUT2D eigenvalue weighted by atomic mass is 35.5. The molecule has 1 atom stereocenters. The van der Waals surface area contributed by atoms with E-state index in [-0.39, 0.29) is 6.61 Å². The van der Waals surface area contributed by atoms with Crippen LogP contribution in [0.2, 0.25) is 5.02 Å². The molecule has 0 bridgehead atoms. The Kier molecular flexibility index (Phi) is 7.53. The van der Waals surface area contributed by atoms with Crippen LogP contribution in [-0.4, -0.2) is 43.4 Å². The topological polar surface area (TPSA) is 41.9 Å². The van der Waals surface area contributed by atoms with Crippen molar-refractivity contribution in [1.82, 2.24) is 4.90 Å². The molecule has 4 nitrogen and oxygen atoms in total. The first-order chi connectivity index (χ1) is 11.6. The fraction of sp³-hybridized carbons (Fsp3) is 0.368. The molecule has 0 amide bonds. The summed E-state index contributed by atoms with van der Waals surface area (Å²) in [5.41, 5.74) is 2.01. The van der Waals surface area contributed by atoms with Crippen molar-refractivity contribution in [3.8, 4) is 5.75 Å². The van der Waals surface area contributed by atoms with Gasteiger partial charge >= 0.3 is 0 Å². The normalized spacial score (nSPS) is 12.4. The Labute approximate surface area is 148 Å². The number of hydrogen-bond acceptors (Lipinski definition) is 4. The minimum atomic E-state index is -0.563. The molecule has 0 aliphatic heterocycles. The van der Waals surface area contributed by atoms with E-state index in [1.54, 1.807) is 7.11 Å². The highest BCUT2D eigenvalue weighted by Gasteiger charge is 2.11. The Hall–Kier alpha value is -1.59. The molecule has 130 valence electrons. The number of aliphatic hydroxyl groups is 1. The van der Waals surface area contributed by atoms with Crippen molar-refractivity contribution in [3.05, 3.63) is 64.7 Å². The molecule has 0 radical (unpaired) electrons. The first-order valence-corrected chi connectivity index (χ1v) is 8.27. The van der Waals surface area contributed by atoms with Crippen LogP contribution in [0, 0.1) is 0 Å². The van der Waals surface area contributed by atoms with E-state index in [2.05, 4.69) is 0 Å². The number of benzene rings is 2. The maximum Gasteiger partial charge on any atom is 0.124 e. The number of para-hydroxylation sites is 1. The Balaban J connectivity index is 1.74. The number of halogens is 1. The Morgan fingerprint density at radius 3 is 2.46 bits per heavy atom. The van der Waals surface area contributed by atoms with E-state index in [1.165, 1.54) is 0 Å². The van der Waals surface area contributed by atoms with E-state index in [1.807, 2.05) is 60.5 Å². The fourth-order valence-corrected chi connectivity index (χ4v) is 2.72. The molecule has 0 spiro atoms. The van der Waals surface area contributed by atoms with Crippen LogP contribution in [0.25, 0.3) is 0 Å². The van der Waals surface area contributed by atoms with Crippen LogP contribution in [0.3, 0.4) is 0 Å². The lowest BCUT2D eigenvalue weighted by Gasteiger charge is -2.21. The Morgan fingerprint density at radius 1 is 1.08 bits per heavy atom. The first-order valence-electron chi connectivity index (χ1n) is 7.89.